The summed E-state index contributed by atoms with van der Waals surface area (Å²) in [5, 5.41) is 5.82. The first-order valence-electron chi connectivity index (χ1n) is 10.2. The lowest BCUT2D eigenvalue weighted by Crippen LogP contribution is -2.14. The third-order valence-electron chi connectivity index (χ3n) is 4.85. The number of anilines is 2. The molecule has 0 radical (unpaired) electrons. The van der Waals surface area contributed by atoms with Crippen LogP contribution in [0.4, 0.5) is 11.5 Å². The highest BCUT2D eigenvalue weighted by Crippen LogP contribution is 2.28. The molecular formula is C25H22N6O2. The van der Waals surface area contributed by atoms with Crippen molar-refractivity contribution in [1.82, 2.24) is 19.9 Å². The van der Waals surface area contributed by atoms with E-state index in [1.54, 1.807) is 62.0 Å². The van der Waals surface area contributed by atoms with Crippen molar-refractivity contribution < 1.29 is 9.53 Å². The van der Waals surface area contributed by atoms with Crippen molar-refractivity contribution in [1.29, 1.82) is 0 Å². The van der Waals surface area contributed by atoms with E-state index >= 15 is 0 Å². The minimum absolute atomic E-state index is 0.197. The van der Waals surface area contributed by atoms with Crippen LogP contribution in [0.25, 0.3) is 17.3 Å². The number of benzene rings is 1. The van der Waals surface area contributed by atoms with Crippen LogP contribution < -0.4 is 15.4 Å². The van der Waals surface area contributed by atoms with Gasteiger partial charge in [0.15, 0.2) is 0 Å². The van der Waals surface area contributed by atoms with E-state index in [1.807, 2.05) is 25.1 Å². The Kier molecular flexibility index (Phi) is 6.36. The van der Waals surface area contributed by atoms with Crippen molar-refractivity contribution in [3.63, 3.8) is 0 Å². The van der Waals surface area contributed by atoms with Crippen molar-refractivity contribution >= 4 is 23.5 Å². The molecule has 1 aromatic carbocycles. The van der Waals surface area contributed by atoms with Crippen LogP contribution in [0, 0.1) is 6.92 Å². The van der Waals surface area contributed by atoms with Gasteiger partial charge < -0.3 is 15.4 Å². The molecule has 4 rings (SSSR count). The predicted octanol–water partition coefficient (Wildman–Crippen LogP) is 4.97. The van der Waals surface area contributed by atoms with Gasteiger partial charge in [0.2, 0.25) is 0 Å². The van der Waals surface area contributed by atoms with Crippen LogP contribution in [-0.2, 0) is 0 Å². The zero-order valence-corrected chi connectivity index (χ0v) is 18.2. The Balaban J connectivity index is 1.54. The van der Waals surface area contributed by atoms with Crippen LogP contribution in [-0.4, -0.2) is 32.9 Å². The normalized spacial score (nSPS) is 10.4. The Morgan fingerprint density at radius 2 is 1.97 bits per heavy atom. The van der Waals surface area contributed by atoms with Crippen LogP contribution in [0.3, 0.4) is 0 Å². The first-order chi connectivity index (χ1) is 16.1. The average Bonchev–Trinajstić information content (AvgIpc) is 2.86. The second-order valence-corrected chi connectivity index (χ2v) is 7.09. The number of carbonyl (C=O) groups is 1. The van der Waals surface area contributed by atoms with Gasteiger partial charge in [-0.3, -0.25) is 9.78 Å². The molecule has 0 aliphatic rings. The lowest BCUT2D eigenvalue weighted by atomic mass is 10.2. The first-order valence-corrected chi connectivity index (χ1v) is 10.2. The maximum atomic E-state index is 12.7. The van der Waals surface area contributed by atoms with E-state index in [9.17, 15) is 4.79 Å². The third-order valence-corrected chi connectivity index (χ3v) is 4.85. The molecule has 0 saturated carbocycles. The van der Waals surface area contributed by atoms with Gasteiger partial charge in [-0.25, -0.2) is 9.97 Å². The summed E-state index contributed by atoms with van der Waals surface area (Å²) in [6, 6.07) is 14.6. The minimum atomic E-state index is -0.341. The number of carbonyl (C=O) groups excluding carboxylic acids is 1. The molecule has 0 aliphatic heterocycles. The number of nitrogens with one attached hydrogen (secondary N) is 2. The summed E-state index contributed by atoms with van der Waals surface area (Å²) in [4.78, 5) is 29.9. The van der Waals surface area contributed by atoms with E-state index in [0.29, 0.717) is 22.9 Å². The number of pyridine rings is 2. The second kappa shape index (κ2) is 9.69. The second-order valence-electron chi connectivity index (χ2n) is 7.09. The number of aryl methyl sites for hydroxylation is 1. The summed E-state index contributed by atoms with van der Waals surface area (Å²) in [6.45, 7) is 5.65. The summed E-state index contributed by atoms with van der Waals surface area (Å²) >= 11 is 0. The molecule has 4 aromatic rings. The summed E-state index contributed by atoms with van der Waals surface area (Å²) < 4.78 is 5.94. The van der Waals surface area contributed by atoms with E-state index in [1.165, 1.54) is 0 Å². The van der Waals surface area contributed by atoms with Gasteiger partial charge in [-0.1, -0.05) is 18.7 Å². The zero-order chi connectivity index (χ0) is 23.2. The standard InChI is InChI=1S/C25H22N6O2/c1-4-17-8-10-21(30-23(17)26-3)24(32)29-19-9-7-16(2)22(14-19)33-25-28-13-11-20(31-25)18-6-5-12-27-15-18/h4-15H,1H2,2-3H3,(H,26,30)(H,29,32). The van der Waals surface area contributed by atoms with E-state index in [0.717, 1.165) is 16.7 Å². The molecule has 3 aromatic heterocycles. The Labute approximate surface area is 191 Å². The number of nitrogens with zero attached hydrogens (tertiary/aromatic N) is 4. The molecule has 3 heterocycles. The molecule has 8 nitrogen and oxygen atoms in total. The summed E-state index contributed by atoms with van der Waals surface area (Å²) in [6.07, 6.45) is 6.73. The first kappa shape index (κ1) is 21.6. The van der Waals surface area contributed by atoms with E-state index in [-0.39, 0.29) is 17.6 Å². The van der Waals surface area contributed by atoms with Crippen LogP contribution in [0.1, 0.15) is 21.6 Å². The summed E-state index contributed by atoms with van der Waals surface area (Å²) in [5.41, 5.74) is 4.08. The van der Waals surface area contributed by atoms with E-state index in [4.69, 9.17) is 4.74 Å². The molecule has 33 heavy (non-hydrogen) atoms. The van der Waals surface area contributed by atoms with Crippen LogP contribution >= 0.6 is 0 Å². The SMILES string of the molecule is C=Cc1ccc(C(=O)Nc2ccc(C)c(Oc3nccc(-c4cccnc4)n3)c2)nc1NC. The van der Waals surface area contributed by atoms with Gasteiger partial charge in [0.25, 0.3) is 5.91 Å². The lowest BCUT2D eigenvalue weighted by Gasteiger charge is -2.12. The van der Waals surface area contributed by atoms with Gasteiger partial charge in [0.05, 0.1) is 5.69 Å². The number of ether oxygens (including phenoxy) is 1. The van der Waals surface area contributed by atoms with Crippen LogP contribution in [0.15, 0.2) is 73.7 Å². The van der Waals surface area contributed by atoms with Crippen molar-refractivity contribution in [2.24, 2.45) is 0 Å². The fourth-order valence-electron chi connectivity index (χ4n) is 3.11. The van der Waals surface area contributed by atoms with Gasteiger partial charge in [-0.15, -0.1) is 0 Å². The fraction of sp³-hybridized carbons (Fsp3) is 0.0800. The number of hydrogen-bond donors (Lipinski definition) is 2. The highest BCUT2D eigenvalue weighted by molar-refractivity contribution is 6.03. The highest BCUT2D eigenvalue weighted by atomic mass is 16.5. The summed E-state index contributed by atoms with van der Waals surface area (Å²) in [7, 11) is 1.74. The number of rotatable bonds is 7. The number of amides is 1. The Hall–Kier alpha value is -4.59. The molecule has 0 spiro atoms. The van der Waals surface area contributed by atoms with E-state index < -0.39 is 0 Å². The highest BCUT2D eigenvalue weighted by Gasteiger charge is 2.13. The van der Waals surface area contributed by atoms with Crippen LogP contribution in [0.5, 0.6) is 11.8 Å². The Morgan fingerprint density at radius 1 is 1.09 bits per heavy atom. The summed E-state index contributed by atoms with van der Waals surface area (Å²) in [5.74, 6) is 0.769. The smallest absolute Gasteiger partial charge is 0.322 e. The molecule has 0 saturated heterocycles. The van der Waals surface area contributed by atoms with E-state index in [2.05, 4.69) is 37.1 Å². The van der Waals surface area contributed by atoms with Gasteiger partial charge in [-0.05, 0) is 48.9 Å². The fourth-order valence-corrected chi connectivity index (χ4v) is 3.11. The predicted molar refractivity (Wildman–Crippen MR) is 128 cm³/mol. The molecule has 2 N–H and O–H groups in total. The zero-order valence-electron chi connectivity index (χ0n) is 18.2. The van der Waals surface area contributed by atoms with Crippen molar-refractivity contribution in [2.75, 3.05) is 17.7 Å². The van der Waals surface area contributed by atoms with Crippen molar-refractivity contribution in [3.8, 4) is 23.0 Å². The molecule has 8 heteroatoms. The molecule has 1 amide bonds. The molecule has 0 unspecified atom stereocenters. The van der Waals surface area contributed by atoms with Gasteiger partial charge in [-0.2, -0.15) is 4.98 Å². The maximum absolute atomic E-state index is 12.7. The minimum Gasteiger partial charge on any atom is -0.424 e. The lowest BCUT2D eigenvalue weighted by molar-refractivity contribution is 0.102. The topological polar surface area (TPSA) is 102 Å². The van der Waals surface area contributed by atoms with Crippen LogP contribution in [0.2, 0.25) is 0 Å². The van der Waals surface area contributed by atoms with Crippen molar-refractivity contribution in [3.05, 3.63) is 90.5 Å². The van der Waals surface area contributed by atoms with Crippen molar-refractivity contribution in [2.45, 2.75) is 6.92 Å². The number of aromatic nitrogens is 4. The average molecular weight is 438 g/mol. The maximum Gasteiger partial charge on any atom is 0.322 e. The largest absolute Gasteiger partial charge is 0.424 e. The molecule has 164 valence electrons. The number of hydrogen-bond acceptors (Lipinski definition) is 7. The van der Waals surface area contributed by atoms with Gasteiger partial charge in [0.1, 0.15) is 17.3 Å². The molecule has 0 fully saturated rings. The quantitative estimate of drug-likeness (QED) is 0.420. The monoisotopic (exact) mass is 438 g/mol. The third kappa shape index (κ3) is 5.01. The van der Waals surface area contributed by atoms with Gasteiger partial charge >= 0.3 is 6.01 Å². The molecule has 0 atom stereocenters. The Bertz CT molecular complexity index is 1310. The molecule has 0 bridgehead atoms. The Morgan fingerprint density at radius 3 is 2.73 bits per heavy atom. The molecule has 0 aliphatic carbocycles. The molecular weight excluding hydrogens is 416 g/mol. The van der Waals surface area contributed by atoms with Gasteiger partial charge in [0, 0.05) is 48.5 Å².